The fourth-order valence-corrected chi connectivity index (χ4v) is 5.62. The van der Waals surface area contributed by atoms with E-state index in [2.05, 4.69) is 58.1 Å². The molecule has 0 unspecified atom stereocenters. The summed E-state index contributed by atoms with van der Waals surface area (Å²) in [6.45, 7) is 5.12. The normalized spacial score (nSPS) is 17.4. The molecule has 0 saturated carbocycles. The van der Waals surface area contributed by atoms with Crippen LogP contribution in [-0.4, -0.2) is 44.3 Å². The molecule has 2 aliphatic heterocycles. The molecule has 5 rings (SSSR count). The summed E-state index contributed by atoms with van der Waals surface area (Å²) >= 11 is 0. The molecule has 3 N–H and O–H groups in total. The molecule has 3 amide bonds. The molecule has 0 aromatic heterocycles. The Balaban J connectivity index is 1.27. The maximum atomic E-state index is 13.4. The summed E-state index contributed by atoms with van der Waals surface area (Å²) < 4.78 is 5.70. The number of hydrogen-bond acceptors (Lipinski definition) is 4. The lowest BCUT2D eigenvalue weighted by Crippen LogP contribution is -2.37. The van der Waals surface area contributed by atoms with E-state index in [1.54, 1.807) is 6.07 Å². The molecular formula is C33H40N4O3. The van der Waals surface area contributed by atoms with Crippen LogP contribution in [0.5, 0.6) is 0 Å². The van der Waals surface area contributed by atoms with Gasteiger partial charge in [-0.1, -0.05) is 49.4 Å². The molecule has 3 aromatic rings. The number of hydrogen-bond donors (Lipinski definition) is 3. The Morgan fingerprint density at radius 3 is 2.30 bits per heavy atom. The number of amides is 3. The zero-order valence-electron chi connectivity index (χ0n) is 23.3. The Morgan fingerprint density at radius 2 is 1.60 bits per heavy atom. The SMILES string of the molecule is CCc1ccc(NC(=O)Nc2ccc(N3CCC(Cc4ccccc4)CC3)c(C(=O)NC[C@H]3CCCO3)c2)cc1. The van der Waals surface area contributed by atoms with Crippen LogP contribution < -0.4 is 20.9 Å². The zero-order chi connectivity index (χ0) is 27.7. The van der Waals surface area contributed by atoms with Gasteiger partial charge in [-0.2, -0.15) is 0 Å². The minimum atomic E-state index is -0.343. The molecule has 210 valence electrons. The number of piperidine rings is 1. The Kier molecular flexibility index (Phi) is 9.34. The first-order chi connectivity index (χ1) is 19.6. The van der Waals surface area contributed by atoms with E-state index in [9.17, 15) is 9.59 Å². The number of carbonyl (C=O) groups excluding carboxylic acids is 2. The van der Waals surface area contributed by atoms with Gasteiger partial charge in [0.2, 0.25) is 0 Å². The van der Waals surface area contributed by atoms with E-state index in [1.165, 1.54) is 11.1 Å². The predicted molar refractivity (Wildman–Crippen MR) is 161 cm³/mol. The number of aryl methyl sites for hydroxylation is 1. The van der Waals surface area contributed by atoms with E-state index in [-0.39, 0.29) is 18.0 Å². The number of ether oxygens (including phenoxy) is 1. The maximum absolute atomic E-state index is 13.4. The van der Waals surface area contributed by atoms with E-state index in [4.69, 9.17) is 4.74 Å². The molecule has 3 aromatic carbocycles. The number of nitrogens with one attached hydrogen (secondary N) is 3. The minimum Gasteiger partial charge on any atom is -0.376 e. The predicted octanol–water partition coefficient (Wildman–Crippen LogP) is 6.26. The van der Waals surface area contributed by atoms with Crippen molar-refractivity contribution in [2.45, 2.75) is 51.6 Å². The molecule has 1 atom stereocenters. The van der Waals surface area contributed by atoms with Crippen LogP contribution in [0.1, 0.15) is 54.1 Å². The monoisotopic (exact) mass is 540 g/mol. The van der Waals surface area contributed by atoms with Crippen LogP contribution in [0, 0.1) is 5.92 Å². The molecule has 2 heterocycles. The van der Waals surface area contributed by atoms with Crippen LogP contribution in [0.4, 0.5) is 21.9 Å². The molecule has 7 heteroatoms. The average molecular weight is 541 g/mol. The van der Waals surface area contributed by atoms with E-state index in [1.807, 2.05) is 36.4 Å². The Labute approximate surface area is 237 Å². The Morgan fingerprint density at radius 1 is 0.875 bits per heavy atom. The topological polar surface area (TPSA) is 82.7 Å². The summed E-state index contributed by atoms with van der Waals surface area (Å²) in [5.41, 5.74) is 5.37. The molecular weight excluding hydrogens is 500 g/mol. The molecule has 7 nitrogen and oxygen atoms in total. The van der Waals surface area contributed by atoms with Crippen LogP contribution in [0.25, 0.3) is 0 Å². The van der Waals surface area contributed by atoms with Crippen molar-refractivity contribution >= 4 is 29.0 Å². The number of carbonyl (C=O) groups is 2. The van der Waals surface area contributed by atoms with Crippen molar-refractivity contribution < 1.29 is 14.3 Å². The van der Waals surface area contributed by atoms with Crippen molar-refractivity contribution in [1.82, 2.24) is 5.32 Å². The van der Waals surface area contributed by atoms with Gasteiger partial charge in [-0.25, -0.2) is 4.79 Å². The number of benzene rings is 3. The molecule has 0 spiro atoms. The highest BCUT2D eigenvalue weighted by Gasteiger charge is 2.25. The van der Waals surface area contributed by atoms with Crippen LogP contribution in [0.15, 0.2) is 72.8 Å². The molecule has 0 bridgehead atoms. The van der Waals surface area contributed by atoms with Gasteiger partial charge in [-0.05, 0) is 85.9 Å². The number of rotatable bonds is 9. The molecule has 0 aliphatic carbocycles. The molecule has 0 radical (unpaired) electrons. The van der Waals surface area contributed by atoms with Gasteiger partial charge in [0.05, 0.1) is 11.7 Å². The Hall–Kier alpha value is -3.84. The first kappa shape index (κ1) is 27.7. The lowest BCUT2D eigenvalue weighted by molar-refractivity contribution is 0.0858. The number of nitrogens with zero attached hydrogens (tertiary/aromatic N) is 1. The first-order valence-corrected chi connectivity index (χ1v) is 14.6. The van der Waals surface area contributed by atoms with Crippen molar-refractivity contribution in [3.05, 3.63) is 89.5 Å². The third kappa shape index (κ3) is 7.42. The van der Waals surface area contributed by atoms with Gasteiger partial charge >= 0.3 is 6.03 Å². The largest absolute Gasteiger partial charge is 0.376 e. The van der Waals surface area contributed by atoms with Gasteiger partial charge in [0.1, 0.15) is 0 Å². The van der Waals surface area contributed by atoms with Crippen molar-refractivity contribution in [1.29, 1.82) is 0 Å². The van der Waals surface area contributed by atoms with Crippen molar-refractivity contribution in [2.24, 2.45) is 5.92 Å². The standard InChI is InChI=1S/C33H40N4O3/c1-2-24-10-12-27(13-11-24)35-33(39)36-28-14-15-31(30(22-28)32(38)34-23-29-9-6-20-40-29)37-18-16-26(17-19-37)21-25-7-4-3-5-8-25/h3-5,7-8,10-15,22,26,29H,2,6,9,16-21,23H2,1H3,(H,34,38)(H2,35,36,39)/t29-/m1/s1. The molecule has 2 aliphatic rings. The van der Waals surface area contributed by atoms with Gasteiger partial charge in [-0.3, -0.25) is 4.79 Å². The minimum absolute atomic E-state index is 0.0623. The van der Waals surface area contributed by atoms with Crippen LogP contribution >= 0.6 is 0 Å². The van der Waals surface area contributed by atoms with Crippen molar-refractivity contribution in [3.8, 4) is 0 Å². The summed E-state index contributed by atoms with van der Waals surface area (Å²) in [6, 6.07) is 23.7. The smallest absolute Gasteiger partial charge is 0.323 e. The highest BCUT2D eigenvalue weighted by Crippen LogP contribution is 2.30. The van der Waals surface area contributed by atoms with Gasteiger partial charge in [0, 0.05) is 43.3 Å². The second-order valence-electron chi connectivity index (χ2n) is 10.8. The highest BCUT2D eigenvalue weighted by molar-refractivity contribution is 6.04. The second-order valence-corrected chi connectivity index (χ2v) is 10.8. The highest BCUT2D eigenvalue weighted by atomic mass is 16.5. The molecule has 40 heavy (non-hydrogen) atoms. The number of urea groups is 1. The average Bonchev–Trinajstić information content (AvgIpc) is 3.51. The summed E-state index contributed by atoms with van der Waals surface area (Å²) in [4.78, 5) is 28.5. The number of anilines is 3. The maximum Gasteiger partial charge on any atom is 0.323 e. The zero-order valence-corrected chi connectivity index (χ0v) is 23.3. The lowest BCUT2D eigenvalue weighted by atomic mass is 9.89. The van der Waals surface area contributed by atoms with Crippen LogP contribution in [0.2, 0.25) is 0 Å². The van der Waals surface area contributed by atoms with Gasteiger partial charge in [0.25, 0.3) is 5.91 Å². The van der Waals surface area contributed by atoms with E-state index < -0.39 is 0 Å². The quantitative estimate of drug-likeness (QED) is 0.299. The first-order valence-electron chi connectivity index (χ1n) is 14.6. The summed E-state index contributed by atoms with van der Waals surface area (Å²) in [7, 11) is 0. The van der Waals surface area contributed by atoms with E-state index >= 15 is 0 Å². The third-order valence-corrected chi connectivity index (χ3v) is 7.96. The van der Waals surface area contributed by atoms with Gasteiger partial charge < -0.3 is 25.6 Å². The van der Waals surface area contributed by atoms with Crippen LogP contribution in [0.3, 0.4) is 0 Å². The third-order valence-electron chi connectivity index (χ3n) is 7.96. The lowest BCUT2D eigenvalue weighted by Gasteiger charge is -2.35. The van der Waals surface area contributed by atoms with Gasteiger partial charge in [0.15, 0.2) is 0 Å². The summed E-state index contributed by atoms with van der Waals surface area (Å²) in [5.74, 6) is 0.489. The van der Waals surface area contributed by atoms with Gasteiger partial charge in [-0.15, -0.1) is 0 Å². The molecule has 2 saturated heterocycles. The summed E-state index contributed by atoms with van der Waals surface area (Å²) in [6.07, 6.45) is 6.23. The van der Waals surface area contributed by atoms with Crippen molar-refractivity contribution in [2.75, 3.05) is 41.8 Å². The fraction of sp³-hybridized carbons (Fsp3) is 0.394. The second kappa shape index (κ2) is 13.5. The van der Waals surface area contributed by atoms with E-state index in [0.717, 1.165) is 69.6 Å². The summed E-state index contributed by atoms with van der Waals surface area (Å²) in [5, 5.41) is 8.85. The fourth-order valence-electron chi connectivity index (χ4n) is 5.62. The molecule has 2 fully saturated rings. The van der Waals surface area contributed by atoms with E-state index in [0.29, 0.717) is 23.7 Å². The Bertz CT molecular complexity index is 1260. The van der Waals surface area contributed by atoms with Crippen LogP contribution in [-0.2, 0) is 17.6 Å². The van der Waals surface area contributed by atoms with Crippen molar-refractivity contribution in [3.63, 3.8) is 0 Å².